The highest BCUT2D eigenvalue weighted by Crippen LogP contribution is 2.29. The topological polar surface area (TPSA) is 56.8 Å². The minimum absolute atomic E-state index is 0.0858. The van der Waals surface area contributed by atoms with Crippen LogP contribution in [-0.4, -0.2) is 43.5 Å². The molecule has 130 valence electrons. The van der Waals surface area contributed by atoms with Crippen molar-refractivity contribution in [2.75, 3.05) is 13.2 Å². The number of carbonyl (C=O) groups excluding carboxylic acids is 1. The number of hydrogen-bond acceptors (Lipinski definition) is 5. The van der Waals surface area contributed by atoms with E-state index in [1.165, 1.54) is 5.56 Å². The van der Waals surface area contributed by atoms with E-state index in [-0.39, 0.29) is 30.3 Å². The smallest absolute Gasteiger partial charge is 0.338 e. The quantitative estimate of drug-likeness (QED) is 0.846. The second kappa shape index (κ2) is 7.35. The summed E-state index contributed by atoms with van der Waals surface area (Å²) in [5, 5.41) is 3.48. The minimum Gasteiger partial charge on any atom is -0.453 e. The molecule has 5 nitrogen and oxygen atoms in total. The Kier molecular flexibility index (Phi) is 4.78. The number of benzene rings is 2. The maximum atomic E-state index is 12.2. The molecule has 2 aliphatic rings. The molecule has 2 unspecified atom stereocenters. The van der Waals surface area contributed by atoms with Gasteiger partial charge in [0.25, 0.3) is 0 Å². The number of fused-ring (bicyclic) bond motifs is 1. The number of carbonyl (C=O) groups is 1. The molecule has 2 heterocycles. The molecule has 0 bridgehead atoms. The second-order valence-electron chi connectivity index (χ2n) is 6.38. The molecule has 1 N–H and O–H groups in total. The summed E-state index contributed by atoms with van der Waals surface area (Å²) < 4.78 is 17.3. The molecule has 2 aliphatic heterocycles. The van der Waals surface area contributed by atoms with E-state index >= 15 is 0 Å². The Balaban J connectivity index is 1.33. The summed E-state index contributed by atoms with van der Waals surface area (Å²) in [7, 11) is 0. The van der Waals surface area contributed by atoms with Crippen molar-refractivity contribution in [3.63, 3.8) is 0 Å². The molecule has 5 heteroatoms. The zero-order chi connectivity index (χ0) is 17.1. The van der Waals surface area contributed by atoms with Gasteiger partial charge in [0.05, 0.1) is 24.8 Å². The highest BCUT2D eigenvalue weighted by molar-refractivity contribution is 5.89. The normalized spacial score (nSPS) is 27.8. The van der Waals surface area contributed by atoms with E-state index in [4.69, 9.17) is 14.2 Å². The minimum atomic E-state index is -0.360. The lowest BCUT2D eigenvalue weighted by molar-refractivity contribution is -0.0154. The molecule has 2 aromatic rings. The van der Waals surface area contributed by atoms with Crippen molar-refractivity contribution in [1.29, 1.82) is 0 Å². The monoisotopic (exact) mass is 339 g/mol. The fourth-order valence-corrected chi connectivity index (χ4v) is 3.36. The van der Waals surface area contributed by atoms with Crippen LogP contribution in [0.1, 0.15) is 15.9 Å². The lowest BCUT2D eigenvalue weighted by Crippen LogP contribution is -2.41. The van der Waals surface area contributed by atoms with Gasteiger partial charge in [0.15, 0.2) is 6.10 Å². The van der Waals surface area contributed by atoms with Gasteiger partial charge in [0.2, 0.25) is 0 Å². The van der Waals surface area contributed by atoms with Crippen LogP contribution in [-0.2, 0) is 20.8 Å². The van der Waals surface area contributed by atoms with Gasteiger partial charge in [0, 0.05) is 6.54 Å². The number of nitrogens with one attached hydrogen (secondary N) is 1. The molecule has 4 atom stereocenters. The van der Waals surface area contributed by atoms with Crippen LogP contribution >= 0.6 is 0 Å². The molecule has 0 amide bonds. The SMILES string of the molecule is O=C(O[C@@H]1COC2C1OC[C@H]2NCc1ccccc1)c1ccccc1. The molecule has 25 heavy (non-hydrogen) atoms. The molecule has 2 fully saturated rings. The van der Waals surface area contributed by atoms with Gasteiger partial charge in [-0.15, -0.1) is 0 Å². The third-order valence-corrected chi connectivity index (χ3v) is 4.69. The van der Waals surface area contributed by atoms with Crippen LogP contribution in [0.4, 0.5) is 0 Å². The van der Waals surface area contributed by atoms with Crippen molar-refractivity contribution in [2.24, 2.45) is 0 Å². The van der Waals surface area contributed by atoms with Gasteiger partial charge in [-0.2, -0.15) is 0 Å². The van der Waals surface area contributed by atoms with E-state index in [0.29, 0.717) is 18.8 Å². The maximum absolute atomic E-state index is 12.2. The van der Waals surface area contributed by atoms with Crippen molar-refractivity contribution < 1.29 is 19.0 Å². The summed E-state index contributed by atoms with van der Waals surface area (Å²) in [4.78, 5) is 12.2. The molecular formula is C20H21NO4. The van der Waals surface area contributed by atoms with Crippen LogP contribution in [0.3, 0.4) is 0 Å². The van der Waals surface area contributed by atoms with E-state index in [1.807, 2.05) is 36.4 Å². The van der Waals surface area contributed by atoms with Gasteiger partial charge in [-0.05, 0) is 17.7 Å². The van der Waals surface area contributed by atoms with Crippen LogP contribution in [0.5, 0.6) is 0 Å². The number of rotatable bonds is 5. The van der Waals surface area contributed by atoms with Gasteiger partial charge in [0.1, 0.15) is 12.2 Å². The Bertz CT molecular complexity index is 706. The van der Waals surface area contributed by atoms with Gasteiger partial charge in [-0.3, -0.25) is 0 Å². The summed E-state index contributed by atoms with van der Waals surface area (Å²) >= 11 is 0. The molecule has 2 aromatic carbocycles. The molecule has 4 rings (SSSR count). The highest BCUT2D eigenvalue weighted by atomic mass is 16.6. The van der Waals surface area contributed by atoms with Gasteiger partial charge in [-0.1, -0.05) is 48.5 Å². The zero-order valence-electron chi connectivity index (χ0n) is 13.8. The summed E-state index contributed by atoms with van der Waals surface area (Å²) in [6, 6.07) is 19.3. The van der Waals surface area contributed by atoms with Crippen molar-refractivity contribution in [2.45, 2.75) is 30.9 Å². The third kappa shape index (κ3) is 3.58. The van der Waals surface area contributed by atoms with Crippen LogP contribution in [0.2, 0.25) is 0 Å². The standard InChI is InChI=1S/C20H21NO4/c22-20(15-9-5-2-6-10-15)25-17-13-24-18-16(12-23-19(17)18)21-11-14-7-3-1-4-8-14/h1-10,16-19,21H,11-13H2/t16-,17-,18?,19?/m1/s1. The Morgan fingerprint density at radius 1 is 0.960 bits per heavy atom. The molecule has 2 saturated heterocycles. The van der Waals surface area contributed by atoms with Crippen LogP contribution in [0.25, 0.3) is 0 Å². The van der Waals surface area contributed by atoms with E-state index in [1.54, 1.807) is 12.1 Å². The summed E-state index contributed by atoms with van der Waals surface area (Å²) in [6.07, 6.45) is -0.653. The summed E-state index contributed by atoms with van der Waals surface area (Å²) in [5.41, 5.74) is 1.76. The first-order valence-corrected chi connectivity index (χ1v) is 8.58. The lowest BCUT2D eigenvalue weighted by Gasteiger charge is -2.18. The van der Waals surface area contributed by atoms with E-state index < -0.39 is 0 Å². The highest BCUT2D eigenvalue weighted by Gasteiger charge is 2.49. The van der Waals surface area contributed by atoms with Crippen molar-refractivity contribution in [3.8, 4) is 0 Å². The average molecular weight is 339 g/mol. The third-order valence-electron chi connectivity index (χ3n) is 4.69. The fraction of sp³-hybridized carbons (Fsp3) is 0.350. The average Bonchev–Trinajstić information content (AvgIpc) is 3.25. The molecule has 0 radical (unpaired) electrons. The lowest BCUT2D eigenvalue weighted by atomic mass is 10.1. The Labute approximate surface area is 146 Å². The predicted octanol–water partition coefficient (Wildman–Crippen LogP) is 2.17. The van der Waals surface area contributed by atoms with Gasteiger partial charge in [-0.25, -0.2) is 4.79 Å². The fourth-order valence-electron chi connectivity index (χ4n) is 3.36. The number of esters is 1. The number of ether oxygens (including phenoxy) is 3. The van der Waals surface area contributed by atoms with Crippen molar-refractivity contribution in [1.82, 2.24) is 5.32 Å². The maximum Gasteiger partial charge on any atom is 0.338 e. The van der Waals surface area contributed by atoms with Crippen molar-refractivity contribution >= 4 is 5.97 Å². The Morgan fingerprint density at radius 3 is 2.40 bits per heavy atom. The van der Waals surface area contributed by atoms with E-state index in [9.17, 15) is 4.79 Å². The first kappa shape index (κ1) is 16.3. The summed E-state index contributed by atoms with van der Waals surface area (Å²) in [6.45, 7) is 1.69. The van der Waals surface area contributed by atoms with Crippen LogP contribution < -0.4 is 5.32 Å². The van der Waals surface area contributed by atoms with E-state index in [0.717, 1.165) is 6.54 Å². The Hall–Kier alpha value is -2.21. The van der Waals surface area contributed by atoms with Crippen LogP contribution in [0, 0.1) is 0 Å². The largest absolute Gasteiger partial charge is 0.453 e. The first-order valence-electron chi connectivity index (χ1n) is 8.58. The van der Waals surface area contributed by atoms with Crippen LogP contribution in [0.15, 0.2) is 60.7 Å². The second-order valence-corrected chi connectivity index (χ2v) is 6.38. The summed E-state index contributed by atoms with van der Waals surface area (Å²) in [5.74, 6) is -0.334. The van der Waals surface area contributed by atoms with Gasteiger partial charge >= 0.3 is 5.97 Å². The molecule has 0 saturated carbocycles. The Morgan fingerprint density at radius 2 is 1.64 bits per heavy atom. The number of hydrogen-bond donors (Lipinski definition) is 1. The zero-order valence-corrected chi connectivity index (χ0v) is 13.8. The molecule has 0 spiro atoms. The first-order chi connectivity index (χ1) is 12.3. The van der Waals surface area contributed by atoms with Gasteiger partial charge < -0.3 is 19.5 Å². The predicted molar refractivity (Wildman–Crippen MR) is 92.2 cm³/mol. The van der Waals surface area contributed by atoms with Crippen molar-refractivity contribution in [3.05, 3.63) is 71.8 Å². The molecule has 0 aliphatic carbocycles. The molecule has 0 aromatic heterocycles. The molecular weight excluding hydrogens is 318 g/mol. The van der Waals surface area contributed by atoms with E-state index in [2.05, 4.69) is 17.4 Å².